The Morgan fingerprint density at radius 1 is 1.40 bits per heavy atom. The highest BCUT2D eigenvalue weighted by molar-refractivity contribution is 9.10. The highest BCUT2D eigenvalue weighted by atomic mass is 79.9. The van der Waals surface area contributed by atoms with Crippen LogP contribution in [0, 0.1) is 18.3 Å². The predicted octanol–water partition coefficient (Wildman–Crippen LogP) is 3.76. The van der Waals surface area contributed by atoms with Crippen LogP contribution in [0.4, 0.5) is 0 Å². The van der Waals surface area contributed by atoms with Gasteiger partial charge in [0.25, 0.3) is 0 Å². The molecule has 1 aliphatic rings. The van der Waals surface area contributed by atoms with E-state index < -0.39 is 0 Å². The summed E-state index contributed by atoms with van der Waals surface area (Å²) >= 11 is 3.58. The lowest BCUT2D eigenvalue weighted by molar-refractivity contribution is 0.560. The average Bonchev–Trinajstić information content (AvgIpc) is 2.77. The lowest BCUT2D eigenvalue weighted by Crippen LogP contribution is -2.18. The molecule has 0 aliphatic heterocycles. The number of benzene rings is 1. The molecule has 0 radical (unpaired) electrons. The Hall–Kier alpha value is -1.57. The van der Waals surface area contributed by atoms with Crippen molar-refractivity contribution in [3.05, 3.63) is 51.3 Å². The summed E-state index contributed by atoms with van der Waals surface area (Å²) in [7, 11) is 0. The summed E-state index contributed by atoms with van der Waals surface area (Å²) in [5.74, 6) is 0. The number of nitrogens with zero attached hydrogens (tertiary/aromatic N) is 2. The first kappa shape index (κ1) is 13.4. The number of fused-ring (bicyclic) bond motifs is 1. The molecule has 4 heteroatoms. The molecule has 20 heavy (non-hydrogen) atoms. The fraction of sp³-hybridized carbons (Fsp3) is 0.312. The van der Waals surface area contributed by atoms with E-state index in [4.69, 9.17) is 11.0 Å². The van der Waals surface area contributed by atoms with Crippen molar-refractivity contribution < 1.29 is 0 Å². The molecule has 1 heterocycles. The zero-order chi connectivity index (χ0) is 14.3. The average molecular weight is 330 g/mol. The van der Waals surface area contributed by atoms with Crippen molar-refractivity contribution >= 4 is 15.9 Å². The van der Waals surface area contributed by atoms with Gasteiger partial charge in [-0.25, -0.2) is 0 Å². The van der Waals surface area contributed by atoms with E-state index >= 15 is 0 Å². The first-order valence-electron chi connectivity index (χ1n) is 6.78. The van der Waals surface area contributed by atoms with Crippen LogP contribution in [0.1, 0.15) is 41.4 Å². The first-order chi connectivity index (χ1) is 9.61. The molecule has 0 amide bonds. The van der Waals surface area contributed by atoms with Gasteiger partial charge in [0, 0.05) is 21.9 Å². The molecule has 1 unspecified atom stereocenters. The number of hydrogen-bond acceptors (Lipinski definition) is 2. The molecule has 0 saturated heterocycles. The van der Waals surface area contributed by atoms with Gasteiger partial charge in [0.1, 0.15) is 0 Å². The molecule has 0 spiro atoms. The van der Waals surface area contributed by atoms with Gasteiger partial charge in [0.05, 0.1) is 17.3 Å². The molecule has 2 aromatic rings. The highest BCUT2D eigenvalue weighted by Gasteiger charge is 2.23. The maximum atomic E-state index is 8.97. The Kier molecular flexibility index (Phi) is 3.41. The minimum absolute atomic E-state index is 0.149. The number of aromatic nitrogens is 1. The number of nitrogens with two attached hydrogens (primary N) is 1. The molecule has 0 bridgehead atoms. The molecule has 0 fully saturated rings. The number of rotatable bonds is 1. The van der Waals surface area contributed by atoms with Crippen LogP contribution in [0.15, 0.2) is 28.7 Å². The van der Waals surface area contributed by atoms with E-state index in [1.54, 1.807) is 0 Å². The summed E-state index contributed by atoms with van der Waals surface area (Å²) < 4.78 is 3.21. The molecule has 3 nitrogen and oxygen atoms in total. The van der Waals surface area contributed by atoms with Crippen LogP contribution in [0.25, 0.3) is 5.69 Å². The Morgan fingerprint density at radius 3 is 2.90 bits per heavy atom. The van der Waals surface area contributed by atoms with Crippen molar-refractivity contribution in [3.8, 4) is 11.8 Å². The molecule has 3 rings (SSSR count). The van der Waals surface area contributed by atoms with Crippen LogP contribution in [0.5, 0.6) is 0 Å². The second kappa shape index (κ2) is 5.08. The van der Waals surface area contributed by atoms with Gasteiger partial charge >= 0.3 is 0 Å². The van der Waals surface area contributed by atoms with Gasteiger partial charge < -0.3 is 10.3 Å². The van der Waals surface area contributed by atoms with Crippen LogP contribution >= 0.6 is 15.9 Å². The van der Waals surface area contributed by atoms with Gasteiger partial charge in [0.15, 0.2) is 0 Å². The number of aryl methyl sites for hydroxylation is 1. The van der Waals surface area contributed by atoms with Crippen LogP contribution in [-0.4, -0.2) is 4.57 Å². The topological polar surface area (TPSA) is 54.7 Å². The number of halogens is 1. The quantitative estimate of drug-likeness (QED) is 0.866. The van der Waals surface area contributed by atoms with Gasteiger partial charge in [-0.05, 0) is 71.9 Å². The first-order valence-corrected chi connectivity index (χ1v) is 7.58. The lowest BCUT2D eigenvalue weighted by atomic mass is 9.93. The van der Waals surface area contributed by atoms with Gasteiger partial charge in [0.2, 0.25) is 0 Å². The number of hydrogen-bond donors (Lipinski definition) is 1. The molecule has 1 aromatic heterocycles. The predicted molar refractivity (Wildman–Crippen MR) is 82.8 cm³/mol. The van der Waals surface area contributed by atoms with E-state index in [-0.39, 0.29) is 6.04 Å². The Bertz CT molecular complexity index is 709. The fourth-order valence-corrected chi connectivity index (χ4v) is 3.59. The Labute approximate surface area is 127 Å². The molecular weight excluding hydrogens is 314 g/mol. The van der Waals surface area contributed by atoms with E-state index in [1.807, 2.05) is 18.2 Å². The van der Waals surface area contributed by atoms with Gasteiger partial charge in [-0.2, -0.15) is 5.26 Å². The molecule has 1 atom stereocenters. The third kappa shape index (κ3) is 2.07. The van der Waals surface area contributed by atoms with Gasteiger partial charge in [-0.15, -0.1) is 0 Å². The largest absolute Gasteiger partial charge is 0.324 e. The summed E-state index contributed by atoms with van der Waals surface area (Å²) in [6, 6.07) is 10.2. The maximum Gasteiger partial charge on any atom is 0.0992 e. The molecule has 1 aliphatic carbocycles. The molecule has 0 saturated carbocycles. The van der Waals surface area contributed by atoms with Crippen LogP contribution in [-0.2, 0) is 6.42 Å². The van der Waals surface area contributed by atoms with E-state index in [2.05, 4.69) is 39.6 Å². The minimum atomic E-state index is 0.149. The van der Waals surface area contributed by atoms with Crippen molar-refractivity contribution in [3.63, 3.8) is 0 Å². The van der Waals surface area contributed by atoms with Crippen molar-refractivity contribution in [2.75, 3.05) is 0 Å². The van der Waals surface area contributed by atoms with Gasteiger partial charge in [-0.1, -0.05) is 0 Å². The van der Waals surface area contributed by atoms with E-state index in [0.29, 0.717) is 5.56 Å². The lowest BCUT2D eigenvalue weighted by Gasteiger charge is -2.21. The minimum Gasteiger partial charge on any atom is -0.324 e. The van der Waals surface area contributed by atoms with Gasteiger partial charge in [-0.3, -0.25) is 0 Å². The van der Waals surface area contributed by atoms with Crippen LogP contribution < -0.4 is 5.73 Å². The summed E-state index contributed by atoms with van der Waals surface area (Å²) in [5, 5.41) is 8.97. The fourth-order valence-electron chi connectivity index (χ4n) is 3.03. The smallest absolute Gasteiger partial charge is 0.0992 e. The Balaban J connectivity index is 2.18. The van der Waals surface area contributed by atoms with Crippen molar-refractivity contribution in [2.45, 2.75) is 32.2 Å². The van der Waals surface area contributed by atoms with E-state index in [0.717, 1.165) is 29.4 Å². The zero-order valence-corrected chi connectivity index (χ0v) is 12.9. The second-order valence-electron chi connectivity index (χ2n) is 5.30. The summed E-state index contributed by atoms with van der Waals surface area (Å²) in [6.07, 6.45) is 3.25. The van der Waals surface area contributed by atoms with E-state index in [1.165, 1.54) is 17.0 Å². The van der Waals surface area contributed by atoms with Crippen molar-refractivity contribution in [1.82, 2.24) is 4.57 Å². The third-order valence-corrected chi connectivity index (χ3v) is 4.60. The second-order valence-corrected chi connectivity index (χ2v) is 6.15. The SMILES string of the molecule is Cc1cc2c(n1-c1ccc(C#N)cc1Br)CCCC2N. The molecular formula is C16H16BrN3. The summed E-state index contributed by atoms with van der Waals surface area (Å²) in [4.78, 5) is 0. The molecule has 1 aromatic carbocycles. The summed E-state index contributed by atoms with van der Waals surface area (Å²) in [6.45, 7) is 2.11. The van der Waals surface area contributed by atoms with Crippen molar-refractivity contribution in [2.24, 2.45) is 5.73 Å². The van der Waals surface area contributed by atoms with E-state index in [9.17, 15) is 0 Å². The standard InChI is InChI=1S/C16H16BrN3/c1-10-7-12-14(19)3-2-4-15(12)20(10)16-6-5-11(9-18)8-13(16)17/h5-8,14H,2-4,19H2,1H3. The van der Waals surface area contributed by atoms with Crippen LogP contribution in [0.3, 0.4) is 0 Å². The monoisotopic (exact) mass is 329 g/mol. The maximum absolute atomic E-state index is 8.97. The van der Waals surface area contributed by atoms with Crippen LogP contribution in [0.2, 0.25) is 0 Å². The molecule has 2 N–H and O–H groups in total. The number of nitriles is 1. The summed E-state index contributed by atoms with van der Waals surface area (Å²) in [5.41, 5.74) is 11.7. The Morgan fingerprint density at radius 2 is 2.20 bits per heavy atom. The highest BCUT2D eigenvalue weighted by Crippen LogP contribution is 2.34. The molecule has 102 valence electrons. The zero-order valence-electron chi connectivity index (χ0n) is 11.4. The normalized spacial score (nSPS) is 17.6. The third-order valence-electron chi connectivity index (χ3n) is 3.97. The van der Waals surface area contributed by atoms with Crippen molar-refractivity contribution in [1.29, 1.82) is 5.26 Å².